The van der Waals surface area contributed by atoms with Crippen molar-refractivity contribution in [3.05, 3.63) is 77.5 Å². The Morgan fingerprint density at radius 2 is 1.91 bits per heavy atom. The minimum Gasteiger partial charge on any atom is -0.457 e. The number of aromatic nitrogens is 1. The molecule has 3 rings (SSSR count). The number of hydrogen-bond acceptors (Lipinski definition) is 4. The maximum Gasteiger partial charge on any atom is 0.340 e. The number of nitrogens with zero attached hydrogens (tertiary/aromatic N) is 2. The van der Waals surface area contributed by atoms with Gasteiger partial charge < -0.3 is 4.74 Å². The van der Waals surface area contributed by atoms with Crippen LogP contribution in [0.15, 0.2) is 60.8 Å². The van der Waals surface area contributed by atoms with Crippen molar-refractivity contribution in [2.45, 2.75) is 6.61 Å². The van der Waals surface area contributed by atoms with Gasteiger partial charge in [0.25, 0.3) is 0 Å². The zero-order valence-corrected chi connectivity index (χ0v) is 11.7. The van der Waals surface area contributed by atoms with Crippen molar-refractivity contribution in [3.63, 3.8) is 0 Å². The van der Waals surface area contributed by atoms with Crippen LogP contribution in [0.2, 0.25) is 0 Å². The van der Waals surface area contributed by atoms with Crippen molar-refractivity contribution in [2.24, 2.45) is 0 Å². The van der Waals surface area contributed by atoms with Gasteiger partial charge in [0, 0.05) is 17.1 Å². The molecular weight excluding hydrogens is 276 g/mol. The first-order chi connectivity index (χ1) is 10.8. The van der Waals surface area contributed by atoms with E-state index in [1.54, 1.807) is 36.5 Å². The molecule has 0 unspecified atom stereocenters. The first-order valence-electron chi connectivity index (χ1n) is 6.78. The quantitative estimate of drug-likeness (QED) is 0.692. The minimum absolute atomic E-state index is 0.0613. The van der Waals surface area contributed by atoms with Crippen LogP contribution in [0.1, 0.15) is 21.5 Å². The second-order valence-corrected chi connectivity index (χ2v) is 4.73. The van der Waals surface area contributed by atoms with E-state index in [1.807, 2.05) is 24.3 Å². The predicted octanol–water partition coefficient (Wildman–Crippen LogP) is 3.46. The molecule has 0 aliphatic rings. The Balaban J connectivity index is 1.84. The molecule has 22 heavy (non-hydrogen) atoms. The second kappa shape index (κ2) is 6.06. The first-order valence-corrected chi connectivity index (χ1v) is 6.78. The summed E-state index contributed by atoms with van der Waals surface area (Å²) >= 11 is 0. The third-order valence-electron chi connectivity index (χ3n) is 3.35. The summed E-state index contributed by atoms with van der Waals surface area (Å²) in [5.74, 6) is -0.447. The number of pyridine rings is 1. The van der Waals surface area contributed by atoms with E-state index in [-0.39, 0.29) is 6.61 Å². The fourth-order valence-electron chi connectivity index (χ4n) is 2.25. The number of nitriles is 1. The largest absolute Gasteiger partial charge is 0.457 e. The Hall–Kier alpha value is -3.19. The Morgan fingerprint density at radius 3 is 2.77 bits per heavy atom. The average molecular weight is 288 g/mol. The molecule has 4 nitrogen and oxygen atoms in total. The van der Waals surface area contributed by atoms with Gasteiger partial charge in [-0.3, -0.25) is 4.98 Å². The lowest BCUT2D eigenvalue weighted by Gasteiger charge is -2.08. The number of para-hydroxylation sites is 1. The smallest absolute Gasteiger partial charge is 0.340 e. The molecule has 0 N–H and O–H groups in total. The molecule has 0 radical (unpaired) electrons. The fraction of sp³-hybridized carbons (Fsp3) is 0.0556. The van der Waals surface area contributed by atoms with Gasteiger partial charge in [0.2, 0.25) is 0 Å². The molecular formula is C18H12N2O2. The number of esters is 1. The van der Waals surface area contributed by atoms with Crippen LogP contribution >= 0.6 is 0 Å². The van der Waals surface area contributed by atoms with Crippen molar-refractivity contribution in [1.29, 1.82) is 5.26 Å². The van der Waals surface area contributed by atoms with Crippen LogP contribution in [0.25, 0.3) is 10.9 Å². The number of carbonyl (C=O) groups excluding carboxylic acids is 1. The molecule has 0 atom stereocenters. The van der Waals surface area contributed by atoms with Crippen LogP contribution in [-0.2, 0) is 11.3 Å². The molecule has 0 aliphatic heterocycles. The standard InChI is InChI=1S/C18H12N2O2/c19-11-14-5-1-2-6-15(14)12-22-18(21)16-9-3-7-13-8-4-10-20-17(13)16/h1-10H,12H2. The van der Waals surface area contributed by atoms with E-state index in [4.69, 9.17) is 10.00 Å². The molecule has 3 aromatic rings. The lowest BCUT2D eigenvalue weighted by molar-refractivity contribution is 0.0474. The van der Waals surface area contributed by atoms with Gasteiger partial charge in [0.15, 0.2) is 0 Å². The topological polar surface area (TPSA) is 63.0 Å². The van der Waals surface area contributed by atoms with Crippen LogP contribution in [-0.4, -0.2) is 11.0 Å². The Kier molecular flexibility index (Phi) is 3.80. The summed E-state index contributed by atoms with van der Waals surface area (Å²) in [5.41, 5.74) is 2.23. The van der Waals surface area contributed by atoms with Gasteiger partial charge in [-0.05, 0) is 18.2 Å². The van der Waals surface area contributed by atoms with E-state index >= 15 is 0 Å². The molecule has 0 saturated heterocycles. The Bertz CT molecular complexity index is 876. The van der Waals surface area contributed by atoms with Crippen LogP contribution in [0.5, 0.6) is 0 Å². The summed E-state index contributed by atoms with van der Waals surface area (Å²) < 4.78 is 5.33. The highest BCUT2D eigenvalue weighted by Gasteiger charge is 2.13. The molecule has 0 saturated carbocycles. The van der Waals surface area contributed by atoms with Gasteiger partial charge in [0.1, 0.15) is 6.61 Å². The highest BCUT2D eigenvalue weighted by Crippen LogP contribution is 2.18. The van der Waals surface area contributed by atoms with E-state index in [1.165, 1.54) is 0 Å². The number of fused-ring (bicyclic) bond motifs is 1. The van der Waals surface area contributed by atoms with Gasteiger partial charge in [-0.15, -0.1) is 0 Å². The molecule has 2 aromatic carbocycles. The summed E-state index contributed by atoms with van der Waals surface area (Å²) in [5, 5.41) is 9.93. The van der Waals surface area contributed by atoms with Crippen LogP contribution in [0.3, 0.4) is 0 Å². The number of rotatable bonds is 3. The highest BCUT2D eigenvalue weighted by molar-refractivity contribution is 6.02. The lowest BCUT2D eigenvalue weighted by atomic mass is 10.1. The van der Waals surface area contributed by atoms with E-state index in [0.29, 0.717) is 22.2 Å². The van der Waals surface area contributed by atoms with Gasteiger partial charge in [-0.25, -0.2) is 4.79 Å². The number of hydrogen-bond donors (Lipinski definition) is 0. The van der Waals surface area contributed by atoms with Gasteiger partial charge >= 0.3 is 5.97 Å². The highest BCUT2D eigenvalue weighted by atomic mass is 16.5. The van der Waals surface area contributed by atoms with Crippen molar-refractivity contribution in [3.8, 4) is 6.07 Å². The molecule has 0 spiro atoms. The van der Waals surface area contributed by atoms with Crippen molar-refractivity contribution in [1.82, 2.24) is 4.98 Å². The van der Waals surface area contributed by atoms with Crippen molar-refractivity contribution < 1.29 is 9.53 Å². The molecule has 1 aromatic heterocycles. The molecule has 0 amide bonds. The predicted molar refractivity (Wildman–Crippen MR) is 82.0 cm³/mol. The second-order valence-electron chi connectivity index (χ2n) is 4.73. The fourth-order valence-corrected chi connectivity index (χ4v) is 2.25. The van der Waals surface area contributed by atoms with Gasteiger partial charge in [-0.2, -0.15) is 5.26 Å². The summed E-state index contributed by atoms with van der Waals surface area (Å²) in [6.07, 6.45) is 1.64. The van der Waals surface area contributed by atoms with Gasteiger partial charge in [0.05, 0.1) is 22.7 Å². The zero-order chi connectivity index (χ0) is 15.4. The third-order valence-corrected chi connectivity index (χ3v) is 3.35. The maximum atomic E-state index is 12.3. The lowest BCUT2D eigenvalue weighted by Crippen LogP contribution is -2.07. The molecule has 0 aliphatic carbocycles. The molecule has 0 fully saturated rings. The van der Waals surface area contributed by atoms with Crippen LogP contribution in [0.4, 0.5) is 0 Å². The summed E-state index contributed by atoms with van der Waals surface area (Å²) in [7, 11) is 0. The SMILES string of the molecule is N#Cc1ccccc1COC(=O)c1cccc2cccnc12. The first kappa shape index (κ1) is 13.8. The van der Waals surface area contributed by atoms with E-state index in [0.717, 1.165) is 5.39 Å². The normalized spacial score (nSPS) is 10.1. The van der Waals surface area contributed by atoms with Crippen molar-refractivity contribution >= 4 is 16.9 Å². The van der Waals surface area contributed by atoms with Gasteiger partial charge in [-0.1, -0.05) is 36.4 Å². The van der Waals surface area contributed by atoms with E-state index in [2.05, 4.69) is 11.1 Å². The Labute approximate surface area is 127 Å². The van der Waals surface area contributed by atoms with E-state index in [9.17, 15) is 4.79 Å². The summed E-state index contributed by atoms with van der Waals surface area (Å²) in [6, 6.07) is 18.2. The molecule has 106 valence electrons. The zero-order valence-electron chi connectivity index (χ0n) is 11.7. The molecule has 4 heteroatoms. The van der Waals surface area contributed by atoms with E-state index < -0.39 is 5.97 Å². The summed E-state index contributed by atoms with van der Waals surface area (Å²) in [6.45, 7) is 0.0613. The number of benzene rings is 2. The van der Waals surface area contributed by atoms with Crippen LogP contribution < -0.4 is 0 Å². The Morgan fingerprint density at radius 1 is 1.09 bits per heavy atom. The number of ether oxygens (including phenoxy) is 1. The molecule has 1 heterocycles. The molecule has 0 bridgehead atoms. The van der Waals surface area contributed by atoms with Crippen LogP contribution in [0, 0.1) is 11.3 Å². The third kappa shape index (κ3) is 2.65. The maximum absolute atomic E-state index is 12.3. The summed E-state index contributed by atoms with van der Waals surface area (Å²) in [4.78, 5) is 16.5. The number of carbonyl (C=O) groups is 1. The minimum atomic E-state index is -0.447. The van der Waals surface area contributed by atoms with Crippen molar-refractivity contribution in [2.75, 3.05) is 0 Å². The average Bonchev–Trinajstić information content (AvgIpc) is 2.59. The monoisotopic (exact) mass is 288 g/mol.